The standard InChI is InChI=1S/C20H22ClN3O3/c1-13-4-3-9-24(12-13)19(25)18-11-15(7-8-22-18)23-17-10-14(20(26)27-2)5-6-16(17)21/h5-8,10-11,13H,3-4,9,12H2,1-2H3,(H,22,23). The first-order valence-electron chi connectivity index (χ1n) is 8.88. The average molecular weight is 388 g/mol. The van der Waals surface area contributed by atoms with Gasteiger partial charge in [0.25, 0.3) is 5.91 Å². The van der Waals surface area contributed by atoms with Gasteiger partial charge in [0.15, 0.2) is 0 Å². The largest absolute Gasteiger partial charge is 0.465 e. The summed E-state index contributed by atoms with van der Waals surface area (Å²) in [5, 5.41) is 3.60. The van der Waals surface area contributed by atoms with E-state index >= 15 is 0 Å². The summed E-state index contributed by atoms with van der Waals surface area (Å²) in [5.74, 6) is -0.0111. The number of rotatable bonds is 4. The van der Waals surface area contributed by atoms with Crippen LogP contribution in [0, 0.1) is 5.92 Å². The molecule has 6 nitrogen and oxygen atoms in total. The highest BCUT2D eigenvalue weighted by Gasteiger charge is 2.23. The maximum atomic E-state index is 12.7. The van der Waals surface area contributed by atoms with Crippen LogP contribution in [0.15, 0.2) is 36.5 Å². The Labute approximate surface area is 163 Å². The first kappa shape index (κ1) is 19.2. The molecule has 1 aliphatic rings. The van der Waals surface area contributed by atoms with Crippen LogP contribution >= 0.6 is 11.6 Å². The fourth-order valence-corrected chi connectivity index (χ4v) is 3.35. The predicted molar refractivity (Wildman–Crippen MR) is 105 cm³/mol. The molecular formula is C20H22ClN3O3. The van der Waals surface area contributed by atoms with Gasteiger partial charge in [0.05, 0.1) is 23.4 Å². The minimum absolute atomic E-state index is 0.0698. The fraction of sp³-hybridized carbons (Fsp3) is 0.350. The van der Waals surface area contributed by atoms with Gasteiger partial charge < -0.3 is 15.0 Å². The van der Waals surface area contributed by atoms with Crippen molar-refractivity contribution in [3.8, 4) is 0 Å². The Morgan fingerprint density at radius 1 is 1.30 bits per heavy atom. The van der Waals surface area contributed by atoms with Crippen LogP contribution in [0.5, 0.6) is 0 Å². The van der Waals surface area contributed by atoms with E-state index in [0.29, 0.717) is 33.6 Å². The van der Waals surface area contributed by atoms with E-state index in [0.717, 1.165) is 25.9 Å². The number of hydrogen-bond acceptors (Lipinski definition) is 5. The van der Waals surface area contributed by atoms with Crippen LogP contribution in [0.4, 0.5) is 11.4 Å². The lowest BCUT2D eigenvalue weighted by Gasteiger charge is -2.30. The lowest BCUT2D eigenvalue weighted by molar-refractivity contribution is 0.0600. The van der Waals surface area contributed by atoms with E-state index in [1.54, 1.807) is 36.5 Å². The van der Waals surface area contributed by atoms with Crippen LogP contribution in [0.2, 0.25) is 5.02 Å². The Morgan fingerprint density at radius 2 is 2.11 bits per heavy atom. The van der Waals surface area contributed by atoms with Crippen LogP contribution in [0.3, 0.4) is 0 Å². The van der Waals surface area contributed by atoms with Gasteiger partial charge in [-0.2, -0.15) is 0 Å². The Bertz CT molecular complexity index is 856. The minimum atomic E-state index is -0.445. The van der Waals surface area contributed by atoms with Crippen molar-refractivity contribution in [1.82, 2.24) is 9.88 Å². The normalized spacial score (nSPS) is 16.7. The SMILES string of the molecule is COC(=O)c1ccc(Cl)c(Nc2ccnc(C(=O)N3CCCC(C)C3)c2)c1. The zero-order chi connectivity index (χ0) is 19.4. The summed E-state index contributed by atoms with van der Waals surface area (Å²) in [5.41, 5.74) is 1.99. The summed E-state index contributed by atoms with van der Waals surface area (Å²) in [4.78, 5) is 30.5. The molecule has 1 aromatic carbocycles. The van der Waals surface area contributed by atoms with Crippen molar-refractivity contribution in [1.29, 1.82) is 0 Å². The zero-order valence-electron chi connectivity index (χ0n) is 15.4. The van der Waals surface area contributed by atoms with Gasteiger partial charge in [-0.05, 0) is 49.1 Å². The van der Waals surface area contributed by atoms with Crippen molar-refractivity contribution in [2.75, 3.05) is 25.5 Å². The van der Waals surface area contributed by atoms with Gasteiger partial charge in [0.1, 0.15) is 5.69 Å². The van der Waals surface area contributed by atoms with Gasteiger partial charge in [-0.25, -0.2) is 4.79 Å². The molecule has 1 aliphatic heterocycles. The first-order chi connectivity index (χ1) is 13.0. The number of ether oxygens (including phenoxy) is 1. The van der Waals surface area contributed by atoms with Crippen molar-refractivity contribution in [2.45, 2.75) is 19.8 Å². The molecule has 1 unspecified atom stereocenters. The molecular weight excluding hydrogens is 366 g/mol. The van der Waals surface area contributed by atoms with Crippen LogP contribution in [0.1, 0.15) is 40.6 Å². The van der Waals surface area contributed by atoms with Crippen molar-refractivity contribution in [2.24, 2.45) is 5.92 Å². The van der Waals surface area contributed by atoms with Crippen LogP contribution in [-0.2, 0) is 4.74 Å². The summed E-state index contributed by atoms with van der Waals surface area (Å²) >= 11 is 6.23. The van der Waals surface area contributed by atoms with E-state index in [1.165, 1.54) is 7.11 Å². The van der Waals surface area contributed by atoms with Gasteiger partial charge in [0.2, 0.25) is 0 Å². The van der Waals surface area contributed by atoms with Crippen LogP contribution < -0.4 is 5.32 Å². The number of carbonyl (C=O) groups is 2. The number of piperidine rings is 1. The maximum Gasteiger partial charge on any atom is 0.337 e. The molecule has 1 atom stereocenters. The smallest absolute Gasteiger partial charge is 0.337 e. The van der Waals surface area contributed by atoms with Gasteiger partial charge in [-0.15, -0.1) is 0 Å². The molecule has 1 amide bonds. The molecule has 0 bridgehead atoms. The van der Waals surface area contributed by atoms with E-state index in [9.17, 15) is 9.59 Å². The number of anilines is 2. The number of nitrogens with one attached hydrogen (secondary N) is 1. The van der Waals surface area contributed by atoms with E-state index < -0.39 is 5.97 Å². The van der Waals surface area contributed by atoms with E-state index in [1.807, 2.05) is 4.90 Å². The third-order valence-corrected chi connectivity index (χ3v) is 4.92. The lowest BCUT2D eigenvalue weighted by Crippen LogP contribution is -2.39. The fourth-order valence-electron chi connectivity index (χ4n) is 3.18. The molecule has 0 aliphatic carbocycles. The third-order valence-electron chi connectivity index (χ3n) is 4.59. The highest BCUT2D eigenvalue weighted by atomic mass is 35.5. The monoisotopic (exact) mass is 387 g/mol. The second-order valence-electron chi connectivity index (χ2n) is 6.74. The highest BCUT2D eigenvalue weighted by molar-refractivity contribution is 6.33. The highest BCUT2D eigenvalue weighted by Crippen LogP contribution is 2.27. The molecule has 7 heteroatoms. The van der Waals surface area contributed by atoms with Crippen molar-refractivity contribution < 1.29 is 14.3 Å². The summed E-state index contributed by atoms with van der Waals surface area (Å²) in [7, 11) is 1.33. The maximum absolute atomic E-state index is 12.7. The summed E-state index contributed by atoms with van der Waals surface area (Å²) in [6, 6.07) is 8.28. The molecule has 1 aromatic heterocycles. The topological polar surface area (TPSA) is 71.5 Å². The minimum Gasteiger partial charge on any atom is -0.465 e. The molecule has 0 saturated carbocycles. The quantitative estimate of drug-likeness (QED) is 0.798. The average Bonchev–Trinajstić information content (AvgIpc) is 2.68. The Kier molecular flexibility index (Phi) is 5.96. The zero-order valence-corrected chi connectivity index (χ0v) is 16.1. The molecule has 1 fully saturated rings. The van der Waals surface area contributed by atoms with Gasteiger partial charge in [-0.3, -0.25) is 9.78 Å². The van der Waals surface area contributed by atoms with E-state index in [-0.39, 0.29) is 5.91 Å². The van der Waals surface area contributed by atoms with Gasteiger partial charge in [-0.1, -0.05) is 18.5 Å². The molecule has 27 heavy (non-hydrogen) atoms. The number of benzene rings is 1. The van der Waals surface area contributed by atoms with Gasteiger partial charge in [0, 0.05) is 25.0 Å². The molecule has 2 aromatic rings. The van der Waals surface area contributed by atoms with Crippen molar-refractivity contribution in [3.05, 3.63) is 52.8 Å². The summed E-state index contributed by atoms with van der Waals surface area (Å²) in [6.07, 6.45) is 3.75. The van der Waals surface area contributed by atoms with Crippen LogP contribution in [-0.4, -0.2) is 42.0 Å². The number of aromatic nitrogens is 1. The predicted octanol–water partition coefficient (Wildman–Crippen LogP) is 4.14. The number of carbonyl (C=O) groups excluding carboxylic acids is 2. The number of halogens is 1. The number of amides is 1. The van der Waals surface area contributed by atoms with Crippen molar-refractivity contribution in [3.63, 3.8) is 0 Å². The van der Waals surface area contributed by atoms with E-state index in [4.69, 9.17) is 16.3 Å². The number of hydrogen-bond donors (Lipinski definition) is 1. The molecule has 0 radical (unpaired) electrons. The number of nitrogens with zero attached hydrogens (tertiary/aromatic N) is 2. The Morgan fingerprint density at radius 3 is 2.85 bits per heavy atom. The molecule has 142 valence electrons. The number of esters is 1. The molecule has 3 rings (SSSR count). The number of pyridine rings is 1. The molecule has 1 N–H and O–H groups in total. The second kappa shape index (κ2) is 8.39. The lowest BCUT2D eigenvalue weighted by atomic mass is 10.00. The third kappa shape index (κ3) is 4.57. The molecule has 1 saturated heterocycles. The number of methoxy groups -OCH3 is 1. The van der Waals surface area contributed by atoms with Crippen molar-refractivity contribution >= 4 is 34.9 Å². The number of likely N-dealkylation sites (tertiary alicyclic amines) is 1. The van der Waals surface area contributed by atoms with E-state index in [2.05, 4.69) is 17.2 Å². The Hall–Kier alpha value is -2.60. The summed E-state index contributed by atoms with van der Waals surface area (Å²) in [6.45, 7) is 3.67. The second-order valence-corrected chi connectivity index (χ2v) is 7.15. The summed E-state index contributed by atoms with van der Waals surface area (Å²) < 4.78 is 4.74. The van der Waals surface area contributed by atoms with Gasteiger partial charge >= 0.3 is 5.97 Å². The molecule has 2 heterocycles. The Balaban J connectivity index is 1.80. The molecule has 0 spiro atoms. The van der Waals surface area contributed by atoms with Crippen LogP contribution in [0.25, 0.3) is 0 Å². The first-order valence-corrected chi connectivity index (χ1v) is 9.26.